The van der Waals surface area contributed by atoms with Gasteiger partial charge in [0.15, 0.2) is 0 Å². The van der Waals surface area contributed by atoms with E-state index in [1.807, 2.05) is 55.2 Å². The maximum Gasteiger partial charge on any atom is 0.389 e. The Labute approximate surface area is 225 Å². The molecule has 11 heteroatoms. The van der Waals surface area contributed by atoms with Gasteiger partial charge in [0.05, 0.1) is 25.1 Å². The van der Waals surface area contributed by atoms with Gasteiger partial charge in [-0.3, -0.25) is 4.68 Å². The number of rotatable bonds is 6. The largest absolute Gasteiger partial charge is 0.389 e. The molecular formula is C28H33F3N6O2. The predicted octanol–water partition coefficient (Wildman–Crippen LogP) is 5.58. The quantitative estimate of drug-likeness (QED) is 0.440. The number of morpholine rings is 1. The Balaban J connectivity index is 1.41. The molecule has 2 aliphatic rings. The standard InChI is InChI=1S/C28H33F3N6O2/c1-3-37-18-22(16-32-37)25-12-21(13-26(34-25)35-8-10-39-11-9-35)24-14-23(5-4-19(24)2)33-27(38)36-7-6-20(17-36)15-28(29,30)31/h4-5,12-14,16,18,20H,3,6-11,15,17H2,1-2H3,(H,33,38). The van der Waals surface area contributed by atoms with E-state index in [1.165, 1.54) is 4.90 Å². The number of aromatic nitrogens is 3. The maximum atomic E-state index is 12.9. The number of aryl methyl sites for hydroxylation is 2. The van der Waals surface area contributed by atoms with E-state index in [2.05, 4.69) is 21.4 Å². The molecule has 0 bridgehead atoms. The van der Waals surface area contributed by atoms with E-state index in [-0.39, 0.29) is 12.6 Å². The summed E-state index contributed by atoms with van der Waals surface area (Å²) in [5, 5.41) is 7.30. The predicted molar refractivity (Wildman–Crippen MR) is 144 cm³/mol. The Morgan fingerprint density at radius 2 is 1.92 bits per heavy atom. The topological polar surface area (TPSA) is 75.5 Å². The van der Waals surface area contributed by atoms with Crippen LogP contribution in [0.15, 0.2) is 42.7 Å². The smallest absolute Gasteiger partial charge is 0.378 e. The molecule has 2 fully saturated rings. The van der Waals surface area contributed by atoms with Gasteiger partial charge < -0.3 is 19.9 Å². The highest BCUT2D eigenvalue weighted by Gasteiger charge is 2.36. The molecule has 0 saturated carbocycles. The van der Waals surface area contributed by atoms with Crippen LogP contribution in [0.1, 0.15) is 25.3 Å². The van der Waals surface area contributed by atoms with Crippen molar-refractivity contribution in [2.24, 2.45) is 5.92 Å². The molecule has 5 rings (SSSR count). The number of benzene rings is 1. The molecule has 0 radical (unpaired) electrons. The molecule has 3 aromatic rings. The number of carbonyl (C=O) groups is 1. The number of carbonyl (C=O) groups excluding carboxylic acids is 1. The number of ether oxygens (including phenoxy) is 1. The van der Waals surface area contributed by atoms with Crippen molar-refractivity contribution in [2.45, 2.75) is 39.4 Å². The van der Waals surface area contributed by atoms with Crippen LogP contribution < -0.4 is 10.2 Å². The van der Waals surface area contributed by atoms with Gasteiger partial charge in [0.25, 0.3) is 0 Å². The van der Waals surface area contributed by atoms with E-state index in [0.717, 1.165) is 53.4 Å². The average molecular weight is 543 g/mol. The fourth-order valence-electron chi connectivity index (χ4n) is 5.17. The minimum Gasteiger partial charge on any atom is -0.378 e. The average Bonchev–Trinajstić information content (AvgIpc) is 3.59. The van der Waals surface area contributed by atoms with Crippen LogP contribution in [0.2, 0.25) is 0 Å². The molecule has 8 nitrogen and oxygen atoms in total. The van der Waals surface area contributed by atoms with Gasteiger partial charge in [0.1, 0.15) is 5.82 Å². The number of pyridine rings is 1. The number of halogens is 3. The number of hydrogen-bond acceptors (Lipinski definition) is 5. The van der Waals surface area contributed by atoms with Crippen LogP contribution in [0.4, 0.5) is 29.5 Å². The van der Waals surface area contributed by atoms with Crippen LogP contribution in [0.3, 0.4) is 0 Å². The number of nitrogens with zero attached hydrogens (tertiary/aromatic N) is 5. The summed E-state index contributed by atoms with van der Waals surface area (Å²) in [5.74, 6) is 0.284. The van der Waals surface area contributed by atoms with Gasteiger partial charge in [-0.05, 0) is 67.1 Å². The molecule has 2 aliphatic heterocycles. The fraction of sp³-hybridized carbons (Fsp3) is 0.464. The third-order valence-electron chi connectivity index (χ3n) is 7.29. The molecule has 1 N–H and O–H groups in total. The second kappa shape index (κ2) is 11.3. The summed E-state index contributed by atoms with van der Waals surface area (Å²) in [4.78, 5) is 21.5. The lowest BCUT2D eigenvalue weighted by Crippen LogP contribution is -2.36. The summed E-state index contributed by atoms with van der Waals surface area (Å²) < 4.78 is 45.8. The summed E-state index contributed by atoms with van der Waals surface area (Å²) in [7, 11) is 0. The van der Waals surface area contributed by atoms with E-state index < -0.39 is 18.5 Å². The van der Waals surface area contributed by atoms with E-state index in [9.17, 15) is 18.0 Å². The van der Waals surface area contributed by atoms with Gasteiger partial charge in [-0.2, -0.15) is 18.3 Å². The zero-order valence-electron chi connectivity index (χ0n) is 22.2. The molecule has 39 heavy (non-hydrogen) atoms. The van der Waals surface area contributed by atoms with Crippen molar-refractivity contribution < 1.29 is 22.7 Å². The molecular weight excluding hydrogens is 509 g/mol. The number of hydrogen-bond donors (Lipinski definition) is 1. The van der Waals surface area contributed by atoms with Gasteiger partial charge in [-0.1, -0.05) is 6.07 Å². The Morgan fingerprint density at radius 3 is 2.64 bits per heavy atom. The maximum absolute atomic E-state index is 12.9. The Morgan fingerprint density at radius 1 is 1.13 bits per heavy atom. The first kappa shape index (κ1) is 27.0. The van der Waals surface area contributed by atoms with E-state index in [4.69, 9.17) is 9.72 Å². The first-order chi connectivity index (χ1) is 18.7. The fourth-order valence-corrected chi connectivity index (χ4v) is 5.17. The third kappa shape index (κ3) is 6.52. The van der Waals surface area contributed by atoms with Gasteiger partial charge in [0, 0.05) is 56.6 Å². The SMILES string of the molecule is CCn1cc(-c2cc(-c3cc(NC(=O)N4CCC(CC(F)(F)F)C4)ccc3C)cc(N3CCOCC3)n2)cn1. The lowest BCUT2D eigenvalue weighted by Gasteiger charge is -2.28. The molecule has 1 atom stereocenters. The first-order valence-electron chi connectivity index (χ1n) is 13.3. The minimum absolute atomic E-state index is 0.103. The Bertz CT molecular complexity index is 1320. The van der Waals surface area contributed by atoms with Gasteiger partial charge in [-0.15, -0.1) is 0 Å². The van der Waals surface area contributed by atoms with Crippen molar-refractivity contribution in [2.75, 3.05) is 49.6 Å². The third-order valence-corrected chi connectivity index (χ3v) is 7.29. The van der Waals surface area contributed by atoms with Gasteiger partial charge in [-0.25, -0.2) is 9.78 Å². The normalized spacial score (nSPS) is 18.0. The number of anilines is 2. The lowest BCUT2D eigenvalue weighted by molar-refractivity contribution is -0.143. The minimum atomic E-state index is -4.22. The van der Waals surface area contributed by atoms with Crippen molar-refractivity contribution in [3.8, 4) is 22.4 Å². The van der Waals surface area contributed by atoms with Gasteiger partial charge >= 0.3 is 12.2 Å². The molecule has 2 saturated heterocycles. The van der Waals surface area contributed by atoms with E-state index >= 15 is 0 Å². The zero-order chi connectivity index (χ0) is 27.6. The second-order valence-electron chi connectivity index (χ2n) is 10.2. The molecule has 4 heterocycles. The number of alkyl halides is 3. The summed E-state index contributed by atoms with van der Waals surface area (Å²) in [6, 6.07) is 9.35. The van der Waals surface area contributed by atoms with Crippen molar-refractivity contribution in [3.63, 3.8) is 0 Å². The van der Waals surface area contributed by atoms with Crippen molar-refractivity contribution >= 4 is 17.5 Å². The van der Waals surface area contributed by atoms with Crippen LogP contribution in [-0.2, 0) is 11.3 Å². The molecule has 1 unspecified atom stereocenters. The Hall–Kier alpha value is -3.60. The van der Waals surface area contributed by atoms with Crippen LogP contribution in [0, 0.1) is 12.8 Å². The van der Waals surface area contributed by atoms with Gasteiger partial charge in [0.2, 0.25) is 0 Å². The molecule has 0 aliphatic carbocycles. The van der Waals surface area contributed by atoms with Crippen LogP contribution >= 0.6 is 0 Å². The highest BCUT2D eigenvalue weighted by Crippen LogP contribution is 2.34. The first-order valence-corrected chi connectivity index (χ1v) is 13.3. The number of nitrogens with one attached hydrogen (secondary N) is 1. The summed E-state index contributed by atoms with van der Waals surface area (Å²) in [6.45, 7) is 7.96. The van der Waals surface area contributed by atoms with Crippen molar-refractivity contribution in [1.82, 2.24) is 19.7 Å². The monoisotopic (exact) mass is 542 g/mol. The number of likely N-dealkylation sites (tertiary alicyclic amines) is 1. The molecule has 2 aromatic heterocycles. The molecule has 208 valence electrons. The van der Waals surface area contributed by atoms with Crippen LogP contribution in [0.25, 0.3) is 22.4 Å². The molecule has 1 aromatic carbocycles. The highest BCUT2D eigenvalue weighted by atomic mass is 19.4. The van der Waals surface area contributed by atoms with Crippen LogP contribution in [0.5, 0.6) is 0 Å². The van der Waals surface area contributed by atoms with Crippen LogP contribution in [-0.4, -0.2) is 71.3 Å². The molecule has 2 amide bonds. The summed E-state index contributed by atoms with van der Waals surface area (Å²) in [6.07, 6.45) is -0.948. The van der Waals surface area contributed by atoms with Crippen molar-refractivity contribution in [1.29, 1.82) is 0 Å². The van der Waals surface area contributed by atoms with E-state index in [0.29, 0.717) is 31.9 Å². The van der Waals surface area contributed by atoms with Crippen molar-refractivity contribution in [3.05, 3.63) is 48.3 Å². The lowest BCUT2D eigenvalue weighted by atomic mass is 9.98. The van der Waals surface area contributed by atoms with E-state index in [1.54, 1.807) is 0 Å². The highest BCUT2D eigenvalue weighted by molar-refractivity contribution is 5.91. The Kier molecular flexibility index (Phi) is 7.79. The summed E-state index contributed by atoms with van der Waals surface area (Å²) in [5.41, 5.74) is 5.21. The number of amides is 2. The number of urea groups is 1. The molecule has 0 spiro atoms. The summed E-state index contributed by atoms with van der Waals surface area (Å²) >= 11 is 0. The zero-order valence-corrected chi connectivity index (χ0v) is 22.2. The second-order valence-corrected chi connectivity index (χ2v) is 10.2.